The van der Waals surface area contributed by atoms with Crippen LogP contribution in [-0.2, 0) is 4.74 Å². The number of nitrogen functional groups attached to an aromatic ring is 1. The fourth-order valence-electron chi connectivity index (χ4n) is 1.32. The number of ether oxygens (including phenoxy) is 2. The molecule has 0 aromatic heterocycles. The summed E-state index contributed by atoms with van der Waals surface area (Å²) in [5.74, 6) is -5.57. The molecule has 20 heavy (non-hydrogen) atoms. The summed E-state index contributed by atoms with van der Waals surface area (Å²) in [5, 5.41) is 0. The molecule has 0 radical (unpaired) electrons. The first-order valence-corrected chi connectivity index (χ1v) is 5.64. The number of nitrogens with two attached hydrogens (primary N) is 1. The minimum Gasteiger partial charge on any atom is -0.484 e. The molecule has 0 aliphatic carbocycles. The molecule has 0 fully saturated rings. The molecule has 0 saturated heterocycles. The molecule has 1 aromatic carbocycles. The van der Waals surface area contributed by atoms with Crippen LogP contribution in [-0.4, -0.2) is 31.5 Å². The van der Waals surface area contributed by atoms with Gasteiger partial charge < -0.3 is 15.2 Å². The highest BCUT2D eigenvalue weighted by Crippen LogP contribution is 2.30. The first-order valence-electron chi connectivity index (χ1n) is 5.64. The van der Waals surface area contributed by atoms with Crippen LogP contribution in [0.4, 0.5) is 23.2 Å². The third-order valence-electron chi connectivity index (χ3n) is 2.27. The van der Waals surface area contributed by atoms with Gasteiger partial charge in [0.05, 0.1) is 12.3 Å². The molecule has 1 rings (SSSR count). The van der Waals surface area contributed by atoms with Gasteiger partial charge in [0.15, 0.2) is 12.4 Å². The van der Waals surface area contributed by atoms with E-state index in [9.17, 15) is 22.4 Å². The molecule has 0 aliphatic heterocycles. The van der Waals surface area contributed by atoms with Crippen LogP contribution < -0.4 is 10.5 Å². The maximum absolute atomic E-state index is 12.8. The Hall–Kier alpha value is -1.99. The Morgan fingerprint density at radius 3 is 2.60 bits per heavy atom. The van der Waals surface area contributed by atoms with E-state index in [0.717, 1.165) is 0 Å². The van der Waals surface area contributed by atoms with Gasteiger partial charge in [0.25, 0.3) is 0 Å². The average molecular weight is 295 g/mol. The van der Waals surface area contributed by atoms with E-state index in [1.165, 1.54) is 18.2 Å². The Bertz CT molecular complexity index is 480. The lowest BCUT2D eigenvalue weighted by molar-refractivity contribution is -0.148. The summed E-state index contributed by atoms with van der Waals surface area (Å²) in [4.78, 5) is 11.6. The van der Waals surface area contributed by atoms with E-state index in [1.54, 1.807) is 6.92 Å². The predicted octanol–water partition coefficient (Wildman–Crippen LogP) is 2.72. The SMILES string of the molecule is CCOC(=O)c1cccc(N)c1OCC(F)(F)C(F)F. The molecule has 0 heterocycles. The Labute approximate surface area is 112 Å². The van der Waals surface area contributed by atoms with E-state index in [4.69, 9.17) is 10.5 Å². The van der Waals surface area contributed by atoms with Crippen LogP contribution in [0.2, 0.25) is 0 Å². The molecule has 0 saturated carbocycles. The monoisotopic (exact) mass is 295 g/mol. The standard InChI is InChI=1S/C12H13F4NO3/c1-2-19-10(18)7-4-3-5-8(17)9(7)20-6-12(15,16)11(13)14/h3-5,11H,2,6,17H2,1H3. The van der Waals surface area contributed by atoms with Gasteiger partial charge in [-0.1, -0.05) is 6.07 Å². The summed E-state index contributed by atoms with van der Waals surface area (Å²) < 4.78 is 59.0. The van der Waals surface area contributed by atoms with Crippen molar-refractivity contribution in [2.45, 2.75) is 19.3 Å². The number of alkyl halides is 4. The second-order valence-electron chi connectivity index (χ2n) is 3.79. The van der Waals surface area contributed by atoms with E-state index in [1.807, 2.05) is 0 Å². The van der Waals surface area contributed by atoms with Crippen molar-refractivity contribution in [3.05, 3.63) is 23.8 Å². The Kier molecular flexibility index (Phi) is 5.18. The van der Waals surface area contributed by atoms with Crippen LogP contribution in [0.25, 0.3) is 0 Å². The Balaban J connectivity index is 2.97. The Morgan fingerprint density at radius 1 is 1.40 bits per heavy atom. The zero-order valence-electron chi connectivity index (χ0n) is 10.5. The summed E-state index contributed by atoms with van der Waals surface area (Å²) in [6, 6.07) is 3.92. The smallest absolute Gasteiger partial charge is 0.341 e. The van der Waals surface area contributed by atoms with Crippen LogP contribution in [0, 0.1) is 0 Å². The van der Waals surface area contributed by atoms with Gasteiger partial charge >= 0.3 is 18.3 Å². The number of benzene rings is 1. The molecule has 8 heteroatoms. The van der Waals surface area contributed by atoms with Crippen LogP contribution in [0.15, 0.2) is 18.2 Å². The zero-order valence-corrected chi connectivity index (χ0v) is 10.5. The third-order valence-corrected chi connectivity index (χ3v) is 2.27. The molecular formula is C12H13F4NO3. The molecule has 0 bridgehead atoms. The van der Waals surface area contributed by atoms with E-state index < -0.39 is 30.7 Å². The van der Waals surface area contributed by atoms with Crippen molar-refractivity contribution >= 4 is 11.7 Å². The van der Waals surface area contributed by atoms with Crippen molar-refractivity contribution in [3.63, 3.8) is 0 Å². The van der Waals surface area contributed by atoms with E-state index in [2.05, 4.69) is 4.74 Å². The fourth-order valence-corrected chi connectivity index (χ4v) is 1.32. The van der Waals surface area contributed by atoms with Gasteiger partial charge in [0.1, 0.15) is 5.56 Å². The topological polar surface area (TPSA) is 61.5 Å². The lowest BCUT2D eigenvalue weighted by Crippen LogP contribution is -2.34. The van der Waals surface area contributed by atoms with Crippen molar-refractivity contribution in [2.24, 2.45) is 0 Å². The molecule has 0 aliphatic rings. The van der Waals surface area contributed by atoms with Gasteiger partial charge in [-0.25, -0.2) is 13.6 Å². The summed E-state index contributed by atoms with van der Waals surface area (Å²) in [6.45, 7) is 0.0151. The minimum absolute atomic E-state index is 0.0558. The van der Waals surface area contributed by atoms with Crippen molar-refractivity contribution < 1.29 is 31.8 Å². The van der Waals surface area contributed by atoms with Crippen molar-refractivity contribution in [1.29, 1.82) is 0 Å². The average Bonchev–Trinajstić information content (AvgIpc) is 2.37. The lowest BCUT2D eigenvalue weighted by Gasteiger charge is -2.18. The fraction of sp³-hybridized carbons (Fsp3) is 0.417. The van der Waals surface area contributed by atoms with Crippen LogP contribution in [0.3, 0.4) is 0 Å². The molecular weight excluding hydrogens is 282 g/mol. The van der Waals surface area contributed by atoms with Gasteiger partial charge in [0, 0.05) is 0 Å². The highest BCUT2D eigenvalue weighted by molar-refractivity contribution is 5.94. The van der Waals surface area contributed by atoms with E-state index in [0.29, 0.717) is 0 Å². The summed E-state index contributed by atoms with van der Waals surface area (Å²) in [6.07, 6.45) is -3.88. The highest BCUT2D eigenvalue weighted by atomic mass is 19.3. The maximum atomic E-state index is 12.8. The summed E-state index contributed by atoms with van der Waals surface area (Å²) >= 11 is 0. The van der Waals surface area contributed by atoms with Crippen molar-refractivity contribution in [3.8, 4) is 5.75 Å². The first-order chi connectivity index (χ1) is 9.29. The van der Waals surface area contributed by atoms with Crippen molar-refractivity contribution in [1.82, 2.24) is 0 Å². The number of carbonyl (C=O) groups is 1. The second-order valence-corrected chi connectivity index (χ2v) is 3.79. The number of para-hydroxylation sites is 1. The van der Waals surface area contributed by atoms with Gasteiger partial charge in [-0.05, 0) is 19.1 Å². The number of hydrogen-bond donors (Lipinski definition) is 1. The van der Waals surface area contributed by atoms with Crippen molar-refractivity contribution in [2.75, 3.05) is 18.9 Å². The van der Waals surface area contributed by atoms with Crippen LogP contribution in [0.5, 0.6) is 5.75 Å². The minimum atomic E-state index is -4.34. The van der Waals surface area contributed by atoms with Gasteiger partial charge in [-0.3, -0.25) is 0 Å². The third kappa shape index (κ3) is 3.75. The summed E-state index contributed by atoms with van der Waals surface area (Å²) in [7, 11) is 0. The van der Waals surface area contributed by atoms with E-state index >= 15 is 0 Å². The number of rotatable bonds is 6. The highest BCUT2D eigenvalue weighted by Gasteiger charge is 2.42. The second kappa shape index (κ2) is 6.44. The number of esters is 1. The van der Waals surface area contributed by atoms with Gasteiger partial charge in [-0.15, -0.1) is 0 Å². The molecule has 0 unspecified atom stereocenters. The number of halogens is 4. The van der Waals surface area contributed by atoms with Crippen LogP contribution in [0.1, 0.15) is 17.3 Å². The lowest BCUT2D eigenvalue weighted by atomic mass is 10.1. The van der Waals surface area contributed by atoms with Crippen LogP contribution >= 0.6 is 0 Å². The zero-order chi connectivity index (χ0) is 15.3. The molecule has 4 nitrogen and oxygen atoms in total. The molecule has 112 valence electrons. The maximum Gasteiger partial charge on any atom is 0.341 e. The summed E-state index contributed by atoms with van der Waals surface area (Å²) in [5.41, 5.74) is 5.17. The molecule has 0 spiro atoms. The van der Waals surface area contributed by atoms with Gasteiger partial charge in [0.2, 0.25) is 0 Å². The molecule has 2 N–H and O–H groups in total. The van der Waals surface area contributed by atoms with Gasteiger partial charge in [-0.2, -0.15) is 8.78 Å². The molecule has 0 atom stereocenters. The number of anilines is 1. The molecule has 0 amide bonds. The molecule has 1 aromatic rings. The predicted molar refractivity (Wildman–Crippen MR) is 63.3 cm³/mol. The quantitative estimate of drug-likeness (QED) is 0.498. The largest absolute Gasteiger partial charge is 0.484 e. The Morgan fingerprint density at radius 2 is 2.05 bits per heavy atom. The normalized spacial score (nSPS) is 11.5. The number of hydrogen-bond acceptors (Lipinski definition) is 4. The first kappa shape index (κ1) is 16.1. The van der Waals surface area contributed by atoms with E-state index in [-0.39, 0.29) is 17.9 Å². The number of carbonyl (C=O) groups excluding carboxylic acids is 1.